The second-order valence-electron chi connectivity index (χ2n) is 5.88. The van der Waals surface area contributed by atoms with E-state index >= 15 is 0 Å². The zero-order chi connectivity index (χ0) is 20.7. The summed E-state index contributed by atoms with van der Waals surface area (Å²) in [6.45, 7) is 0. The number of hydrogen-bond acceptors (Lipinski definition) is 5. The Kier molecular flexibility index (Phi) is 7.88. The third kappa shape index (κ3) is 6.52. The quantitative estimate of drug-likeness (QED) is 0.581. The van der Waals surface area contributed by atoms with Crippen molar-refractivity contribution in [2.24, 2.45) is 5.14 Å². The first kappa shape index (κ1) is 22.2. The number of primary sulfonamides is 1. The fourth-order valence-electron chi connectivity index (χ4n) is 2.33. The lowest BCUT2D eigenvalue weighted by molar-refractivity contribution is -0.118. The zero-order valence-electron chi connectivity index (χ0n) is 15.0. The van der Waals surface area contributed by atoms with Crippen LogP contribution in [0.1, 0.15) is 16.8 Å². The van der Waals surface area contributed by atoms with Crippen LogP contribution in [0.4, 0.5) is 5.69 Å². The monoisotopic (exact) mass is 441 g/mol. The molecule has 0 aliphatic carbocycles. The first-order valence-electron chi connectivity index (χ1n) is 8.20. The summed E-state index contributed by atoms with van der Waals surface area (Å²) in [7, 11) is -3.89. The molecule has 0 heterocycles. The first-order chi connectivity index (χ1) is 13.2. The number of amides is 2. The molecule has 1 atom stereocenters. The molecule has 0 spiro atoms. The lowest BCUT2D eigenvalue weighted by Gasteiger charge is -2.18. The van der Waals surface area contributed by atoms with E-state index in [1.807, 2.05) is 6.26 Å². The smallest absolute Gasteiger partial charge is 0.251 e. The van der Waals surface area contributed by atoms with Crippen molar-refractivity contribution >= 4 is 50.9 Å². The number of sulfonamides is 1. The van der Waals surface area contributed by atoms with E-state index in [1.54, 1.807) is 30.3 Å². The van der Waals surface area contributed by atoms with Crippen LogP contribution in [-0.4, -0.2) is 38.3 Å². The third-order valence-corrected chi connectivity index (χ3v) is 5.58. The molecule has 0 aliphatic heterocycles. The molecule has 0 fully saturated rings. The largest absolute Gasteiger partial charge is 0.340 e. The minimum absolute atomic E-state index is 0.115. The molecule has 2 aromatic carbocycles. The van der Waals surface area contributed by atoms with E-state index in [0.29, 0.717) is 22.8 Å². The lowest BCUT2D eigenvalue weighted by Crippen LogP contribution is -2.44. The second-order valence-corrected chi connectivity index (χ2v) is 8.86. The second kappa shape index (κ2) is 9.92. The summed E-state index contributed by atoms with van der Waals surface area (Å²) in [6.07, 6.45) is 2.30. The Bertz CT molecular complexity index is 950. The number of benzene rings is 2. The van der Waals surface area contributed by atoms with Gasteiger partial charge in [0.15, 0.2) is 0 Å². The van der Waals surface area contributed by atoms with Crippen LogP contribution in [0.3, 0.4) is 0 Å². The topological polar surface area (TPSA) is 118 Å². The molecule has 28 heavy (non-hydrogen) atoms. The van der Waals surface area contributed by atoms with Gasteiger partial charge >= 0.3 is 0 Å². The molecule has 10 heteroatoms. The van der Waals surface area contributed by atoms with Gasteiger partial charge < -0.3 is 10.6 Å². The van der Waals surface area contributed by atoms with Crippen LogP contribution in [-0.2, 0) is 14.8 Å². The van der Waals surface area contributed by atoms with Crippen molar-refractivity contribution in [2.45, 2.75) is 17.4 Å². The van der Waals surface area contributed by atoms with E-state index in [9.17, 15) is 18.0 Å². The molecule has 0 aromatic heterocycles. The van der Waals surface area contributed by atoms with Gasteiger partial charge in [-0.25, -0.2) is 13.6 Å². The third-order valence-electron chi connectivity index (χ3n) is 3.77. The van der Waals surface area contributed by atoms with Crippen molar-refractivity contribution in [1.29, 1.82) is 0 Å². The van der Waals surface area contributed by atoms with E-state index in [2.05, 4.69) is 10.6 Å². The minimum atomic E-state index is -3.89. The van der Waals surface area contributed by atoms with Gasteiger partial charge in [-0.15, -0.1) is 0 Å². The Balaban J connectivity index is 2.14. The molecule has 0 saturated heterocycles. The van der Waals surface area contributed by atoms with Gasteiger partial charge in [0.05, 0.1) is 4.90 Å². The van der Waals surface area contributed by atoms with Crippen molar-refractivity contribution < 1.29 is 18.0 Å². The highest BCUT2D eigenvalue weighted by molar-refractivity contribution is 7.98. The van der Waals surface area contributed by atoms with Gasteiger partial charge in [-0.1, -0.05) is 17.7 Å². The maximum Gasteiger partial charge on any atom is 0.251 e. The molecule has 7 nitrogen and oxygen atoms in total. The predicted molar refractivity (Wildman–Crippen MR) is 112 cm³/mol. The highest BCUT2D eigenvalue weighted by Gasteiger charge is 2.22. The number of anilines is 1. The lowest BCUT2D eigenvalue weighted by atomic mass is 10.1. The van der Waals surface area contributed by atoms with Crippen molar-refractivity contribution in [1.82, 2.24) is 5.32 Å². The summed E-state index contributed by atoms with van der Waals surface area (Å²) >= 11 is 7.37. The molecule has 1 unspecified atom stereocenters. The maximum atomic E-state index is 12.7. The summed E-state index contributed by atoms with van der Waals surface area (Å²) in [5, 5.41) is 10.9. The molecule has 4 N–H and O–H groups in total. The van der Waals surface area contributed by atoms with E-state index in [-0.39, 0.29) is 10.6 Å². The molecule has 0 saturated carbocycles. The SMILES string of the molecule is CSCCC(NC(=O)c1ccc(Cl)cc1)C(=O)Nc1cccc(S(N)(=O)=O)c1. The van der Waals surface area contributed by atoms with Gasteiger partial charge in [0, 0.05) is 16.3 Å². The number of carbonyl (C=O) groups excluding carboxylic acids is 2. The maximum absolute atomic E-state index is 12.7. The van der Waals surface area contributed by atoms with Crippen LogP contribution >= 0.6 is 23.4 Å². The highest BCUT2D eigenvalue weighted by Crippen LogP contribution is 2.15. The van der Waals surface area contributed by atoms with Gasteiger partial charge in [0.1, 0.15) is 6.04 Å². The van der Waals surface area contributed by atoms with Crippen LogP contribution in [0.15, 0.2) is 53.4 Å². The summed E-state index contributed by atoms with van der Waals surface area (Å²) in [4.78, 5) is 25.0. The summed E-state index contributed by atoms with van der Waals surface area (Å²) in [5.74, 6) is -0.213. The standard InChI is InChI=1S/C18H20ClN3O4S2/c1-27-10-9-16(22-17(23)12-5-7-13(19)8-6-12)18(24)21-14-3-2-4-15(11-14)28(20,25)26/h2-8,11,16H,9-10H2,1H3,(H,21,24)(H,22,23)(H2,20,25,26). The van der Waals surface area contributed by atoms with Gasteiger partial charge in [0.2, 0.25) is 15.9 Å². The Morgan fingerprint density at radius 2 is 1.86 bits per heavy atom. The first-order valence-corrected chi connectivity index (χ1v) is 11.5. The summed E-state index contributed by atoms with van der Waals surface area (Å²) in [5.41, 5.74) is 0.647. The van der Waals surface area contributed by atoms with Crippen LogP contribution in [0, 0.1) is 0 Å². The van der Waals surface area contributed by atoms with E-state index < -0.39 is 27.9 Å². The average molecular weight is 442 g/mol. The fourth-order valence-corrected chi connectivity index (χ4v) is 3.48. The molecule has 0 radical (unpaired) electrons. The number of nitrogens with two attached hydrogens (primary N) is 1. The van der Waals surface area contributed by atoms with Crippen LogP contribution in [0.2, 0.25) is 5.02 Å². The highest BCUT2D eigenvalue weighted by atomic mass is 35.5. The predicted octanol–water partition coefficient (Wildman–Crippen LogP) is 2.48. The number of nitrogens with one attached hydrogen (secondary N) is 2. The van der Waals surface area contributed by atoms with Crippen LogP contribution < -0.4 is 15.8 Å². The van der Waals surface area contributed by atoms with Crippen LogP contribution in [0.25, 0.3) is 0 Å². The molecule has 0 aliphatic rings. The number of carbonyl (C=O) groups is 2. The summed E-state index contributed by atoms with van der Waals surface area (Å²) in [6, 6.07) is 11.1. The Morgan fingerprint density at radius 1 is 1.18 bits per heavy atom. The zero-order valence-corrected chi connectivity index (χ0v) is 17.4. The van der Waals surface area contributed by atoms with Crippen LogP contribution in [0.5, 0.6) is 0 Å². The van der Waals surface area contributed by atoms with E-state index in [4.69, 9.17) is 16.7 Å². The van der Waals surface area contributed by atoms with Crippen molar-refractivity contribution in [2.75, 3.05) is 17.3 Å². The Morgan fingerprint density at radius 3 is 2.46 bits per heavy atom. The molecule has 2 aromatic rings. The van der Waals surface area contributed by atoms with Gasteiger partial charge in [-0.05, 0) is 60.9 Å². The molecule has 150 valence electrons. The fraction of sp³-hybridized carbons (Fsp3) is 0.222. The normalized spacial score (nSPS) is 12.2. The molecule has 2 amide bonds. The Labute approximate surface area is 173 Å². The average Bonchev–Trinajstić information content (AvgIpc) is 2.65. The summed E-state index contributed by atoms with van der Waals surface area (Å²) < 4.78 is 22.9. The molecular weight excluding hydrogens is 422 g/mol. The Hall–Kier alpha value is -2.07. The van der Waals surface area contributed by atoms with E-state index in [1.165, 1.54) is 30.0 Å². The van der Waals surface area contributed by atoms with Crippen molar-refractivity contribution in [3.63, 3.8) is 0 Å². The number of rotatable bonds is 8. The van der Waals surface area contributed by atoms with Gasteiger partial charge in [0.25, 0.3) is 5.91 Å². The molecule has 2 rings (SSSR count). The van der Waals surface area contributed by atoms with E-state index in [0.717, 1.165) is 0 Å². The minimum Gasteiger partial charge on any atom is -0.340 e. The molecular formula is C18H20ClN3O4S2. The van der Waals surface area contributed by atoms with Gasteiger partial charge in [-0.3, -0.25) is 9.59 Å². The van der Waals surface area contributed by atoms with Crippen molar-refractivity contribution in [3.8, 4) is 0 Å². The number of hydrogen-bond donors (Lipinski definition) is 3. The number of thioether (sulfide) groups is 1. The molecule has 0 bridgehead atoms. The number of halogens is 1. The van der Waals surface area contributed by atoms with Crippen molar-refractivity contribution in [3.05, 3.63) is 59.1 Å². The van der Waals surface area contributed by atoms with Gasteiger partial charge in [-0.2, -0.15) is 11.8 Å².